The highest BCUT2D eigenvalue weighted by Crippen LogP contribution is 2.45. The van der Waals surface area contributed by atoms with E-state index in [1.807, 2.05) is 0 Å². The average molecular weight is 493 g/mol. The van der Waals surface area contributed by atoms with Crippen molar-refractivity contribution in [3.8, 4) is 0 Å². The molecule has 0 aromatic carbocycles. The third-order valence-corrected chi connectivity index (χ3v) is 8.89. The van der Waals surface area contributed by atoms with Crippen LogP contribution in [0.2, 0.25) is 0 Å². The van der Waals surface area contributed by atoms with E-state index in [4.69, 9.17) is 14.5 Å². The first-order valence-corrected chi connectivity index (χ1v) is 14.4. The molecule has 8 atom stereocenters. The van der Waals surface area contributed by atoms with Crippen LogP contribution in [-0.4, -0.2) is 35.8 Å². The van der Waals surface area contributed by atoms with Crippen molar-refractivity contribution in [1.29, 1.82) is 0 Å². The molecule has 5 nitrogen and oxygen atoms in total. The first kappa shape index (κ1) is 25.4. The zero-order valence-electron chi connectivity index (χ0n) is 22.2. The van der Waals surface area contributed by atoms with E-state index in [9.17, 15) is 5.11 Å². The maximum absolute atomic E-state index is 10.7. The Kier molecular flexibility index (Phi) is 8.05. The average Bonchev–Trinajstić information content (AvgIpc) is 3.29. The predicted molar refractivity (Wildman–Crippen MR) is 146 cm³/mol. The molecule has 2 heterocycles. The number of aliphatic hydroxyl groups excluding tert-OH is 1. The molecule has 2 aliphatic heterocycles. The second-order valence-electron chi connectivity index (χ2n) is 11.3. The summed E-state index contributed by atoms with van der Waals surface area (Å²) in [5.74, 6) is 3.16. The highest BCUT2D eigenvalue weighted by atomic mass is 16.5. The van der Waals surface area contributed by atoms with Gasteiger partial charge in [-0.25, -0.2) is 0 Å². The van der Waals surface area contributed by atoms with E-state index in [1.54, 1.807) is 0 Å². The first-order valence-electron chi connectivity index (χ1n) is 14.4. The zero-order valence-corrected chi connectivity index (χ0v) is 22.2. The summed E-state index contributed by atoms with van der Waals surface area (Å²) in [7, 11) is 0. The molecular formula is C31H44N2O3. The Morgan fingerprint density at radius 3 is 2.75 bits per heavy atom. The third-order valence-electron chi connectivity index (χ3n) is 8.89. The molecule has 0 aromatic heterocycles. The third kappa shape index (κ3) is 5.22. The maximum atomic E-state index is 10.7. The molecule has 5 heteroatoms. The molecule has 0 bridgehead atoms. The summed E-state index contributed by atoms with van der Waals surface area (Å²) in [4.78, 5) is 5.18. The number of ether oxygens (including phenoxy) is 2. The molecule has 3 aliphatic carbocycles. The van der Waals surface area contributed by atoms with Gasteiger partial charge in [-0.2, -0.15) is 0 Å². The normalized spacial score (nSPS) is 36.0. The van der Waals surface area contributed by atoms with Crippen molar-refractivity contribution in [2.45, 2.75) is 90.5 Å². The first-order chi connectivity index (χ1) is 17.6. The van der Waals surface area contributed by atoms with Crippen molar-refractivity contribution >= 4 is 5.71 Å². The lowest BCUT2D eigenvalue weighted by atomic mass is 9.71. The number of aliphatic hydroxyl groups is 1. The van der Waals surface area contributed by atoms with Crippen LogP contribution in [0.5, 0.6) is 0 Å². The molecular weight excluding hydrogens is 448 g/mol. The van der Waals surface area contributed by atoms with Gasteiger partial charge in [0.15, 0.2) is 5.88 Å². The largest absolute Gasteiger partial charge is 0.512 e. The van der Waals surface area contributed by atoms with Crippen molar-refractivity contribution in [2.24, 2.45) is 34.6 Å². The second-order valence-corrected chi connectivity index (χ2v) is 11.3. The van der Waals surface area contributed by atoms with Crippen LogP contribution >= 0.6 is 0 Å². The van der Waals surface area contributed by atoms with Gasteiger partial charge in [0.25, 0.3) is 0 Å². The lowest BCUT2D eigenvalue weighted by Crippen LogP contribution is -2.41. The maximum Gasteiger partial charge on any atom is 0.190 e. The van der Waals surface area contributed by atoms with Gasteiger partial charge >= 0.3 is 0 Å². The van der Waals surface area contributed by atoms with E-state index in [1.165, 1.54) is 19.3 Å². The van der Waals surface area contributed by atoms with Gasteiger partial charge in [-0.05, 0) is 37.5 Å². The van der Waals surface area contributed by atoms with Crippen LogP contribution in [0.1, 0.15) is 72.1 Å². The van der Waals surface area contributed by atoms with Crippen molar-refractivity contribution in [3.05, 3.63) is 59.7 Å². The molecule has 0 aromatic rings. The Hall–Kier alpha value is -2.27. The summed E-state index contributed by atoms with van der Waals surface area (Å²) < 4.78 is 13.0. The second kappa shape index (κ2) is 11.4. The van der Waals surface area contributed by atoms with Gasteiger partial charge in [-0.3, -0.25) is 4.99 Å². The summed E-state index contributed by atoms with van der Waals surface area (Å²) >= 11 is 0. The van der Waals surface area contributed by atoms with E-state index in [0.29, 0.717) is 36.0 Å². The van der Waals surface area contributed by atoms with Crippen LogP contribution in [-0.2, 0) is 9.47 Å². The summed E-state index contributed by atoms with van der Waals surface area (Å²) in [6.07, 6.45) is 24.2. The molecule has 0 radical (unpaired) electrons. The highest BCUT2D eigenvalue weighted by Gasteiger charge is 2.48. The van der Waals surface area contributed by atoms with Crippen LogP contribution in [0, 0.1) is 29.6 Å². The number of hydrogen-bond acceptors (Lipinski definition) is 5. The number of allylic oxidation sites excluding steroid dienone is 5. The molecule has 0 amide bonds. The molecule has 1 saturated heterocycles. The fourth-order valence-corrected chi connectivity index (χ4v) is 6.56. The number of rotatable bonds is 9. The van der Waals surface area contributed by atoms with Gasteiger partial charge in [0.05, 0.1) is 30.3 Å². The summed E-state index contributed by atoms with van der Waals surface area (Å²) in [6.45, 7) is 7.52. The molecule has 5 rings (SSSR count). The minimum atomic E-state index is -0.257. The van der Waals surface area contributed by atoms with E-state index >= 15 is 0 Å². The minimum absolute atomic E-state index is 0.163. The van der Waals surface area contributed by atoms with E-state index in [-0.39, 0.29) is 24.3 Å². The van der Waals surface area contributed by atoms with E-state index < -0.39 is 0 Å². The van der Waals surface area contributed by atoms with Crippen LogP contribution < -0.4 is 5.32 Å². The molecule has 196 valence electrons. The standard InChI is InChI=1S/C31H44N2O3/c1-4-6-11-21(5-2)19-35-29-18-26(32-31(33-29)25-13-7-9-14-27(25)34)22-16-17-24-23-12-8-10-15-28(23)36-30(24)20(22)3/h8,10,12,15-18,20-24,28,30-31,33-34H,4-7,9,11,13-14,19H2,1-3H3. The number of nitrogens with zero attached hydrogens (tertiary/aromatic N) is 1. The predicted octanol–water partition coefficient (Wildman–Crippen LogP) is 6.77. The zero-order chi connectivity index (χ0) is 25.1. The molecule has 5 aliphatic rings. The molecule has 0 spiro atoms. The van der Waals surface area contributed by atoms with Crippen LogP contribution in [0.4, 0.5) is 0 Å². The Bertz CT molecular complexity index is 974. The van der Waals surface area contributed by atoms with Crippen LogP contribution in [0.3, 0.4) is 0 Å². The number of aliphatic imine (C=N–C) groups is 1. The van der Waals surface area contributed by atoms with Crippen LogP contribution in [0.15, 0.2) is 64.7 Å². The van der Waals surface area contributed by atoms with Gasteiger partial charge in [0, 0.05) is 35.8 Å². The van der Waals surface area contributed by atoms with Gasteiger partial charge in [-0.1, -0.05) is 76.5 Å². The molecule has 36 heavy (non-hydrogen) atoms. The number of fused-ring (bicyclic) bond motifs is 3. The number of unbranched alkanes of at least 4 members (excludes halogenated alkanes) is 1. The summed E-state index contributed by atoms with van der Waals surface area (Å²) in [5, 5.41) is 14.2. The lowest BCUT2D eigenvalue weighted by molar-refractivity contribution is 0.0166. The van der Waals surface area contributed by atoms with Crippen molar-refractivity contribution < 1.29 is 14.6 Å². The number of nitrogens with one attached hydrogen (secondary N) is 1. The van der Waals surface area contributed by atoms with E-state index in [0.717, 1.165) is 49.3 Å². The molecule has 1 fully saturated rings. The molecule has 0 saturated carbocycles. The smallest absolute Gasteiger partial charge is 0.190 e. The topological polar surface area (TPSA) is 63.1 Å². The molecule has 2 N–H and O–H groups in total. The fourth-order valence-electron chi connectivity index (χ4n) is 6.56. The SMILES string of the molecule is CCCCC(CC)COC1=CC(C2C=CC3C4C=CC=CC4OC3C2C)=NC(C2=C(O)CCCC2)N1. The van der Waals surface area contributed by atoms with Gasteiger partial charge in [0.1, 0.15) is 6.17 Å². The Morgan fingerprint density at radius 2 is 1.94 bits per heavy atom. The summed E-state index contributed by atoms with van der Waals surface area (Å²) in [6, 6.07) is 0. The summed E-state index contributed by atoms with van der Waals surface area (Å²) in [5.41, 5.74) is 2.06. The van der Waals surface area contributed by atoms with Crippen molar-refractivity contribution in [3.63, 3.8) is 0 Å². The quantitative estimate of drug-likeness (QED) is 0.349. The van der Waals surface area contributed by atoms with Crippen molar-refractivity contribution in [2.75, 3.05) is 6.61 Å². The minimum Gasteiger partial charge on any atom is -0.512 e. The fraction of sp³-hybridized carbons (Fsp3) is 0.645. The van der Waals surface area contributed by atoms with Crippen LogP contribution in [0.25, 0.3) is 0 Å². The van der Waals surface area contributed by atoms with E-state index in [2.05, 4.69) is 68.6 Å². The Morgan fingerprint density at radius 1 is 1.11 bits per heavy atom. The highest BCUT2D eigenvalue weighted by molar-refractivity contribution is 5.99. The Balaban J connectivity index is 1.39. The Labute approximate surface area is 217 Å². The molecule has 8 unspecified atom stereocenters. The van der Waals surface area contributed by atoms with Gasteiger partial charge in [-0.15, -0.1) is 0 Å². The van der Waals surface area contributed by atoms with Crippen molar-refractivity contribution in [1.82, 2.24) is 5.32 Å². The number of hydrogen-bond donors (Lipinski definition) is 2. The van der Waals surface area contributed by atoms with Gasteiger partial charge in [0.2, 0.25) is 0 Å². The lowest BCUT2D eigenvalue weighted by Gasteiger charge is -2.36. The van der Waals surface area contributed by atoms with Gasteiger partial charge < -0.3 is 19.9 Å². The monoisotopic (exact) mass is 492 g/mol.